The molecule has 3 heteroatoms. The summed E-state index contributed by atoms with van der Waals surface area (Å²) in [4.78, 5) is 16.5. The fourth-order valence-electron chi connectivity index (χ4n) is 3.55. The number of aromatic nitrogens is 1. The second-order valence-electron chi connectivity index (χ2n) is 7.54. The van der Waals surface area contributed by atoms with Gasteiger partial charge in [-0.05, 0) is 46.9 Å². The topological polar surface area (TPSA) is 39.2 Å². The van der Waals surface area contributed by atoms with Crippen molar-refractivity contribution in [2.75, 3.05) is 0 Å². The van der Waals surface area contributed by atoms with E-state index in [2.05, 4.69) is 29.2 Å². The van der Waals surface area contributed by atoms with Crippen molar-refractivity contribution in [1.29, 1.82) is 0 Å². The summed E-state index contributed by atoms with van der Waals surface area (Å²) in [5, 5.41) is 0. The molecule has 0 spiro atoms. The van der Waals surface area contributed by atoms with Gasteiger partial charge in [-0.15, -0.1) is 0 Å². The van der Waals surface area contributed by atoms with Gasteiger partial charge in [0.15, 0.2) is 0 Å². The highest BCUT2D eigenvalue weighted by Crippen LogP contribution is 2.28. The first-order valence-corrected chi connectivity index (χ1v) is 10.5. The molecule has 0 aliphatic rings. The molecule has 3 aromatic carbocycles. The van der Waals surface area contributed by atoms with E-state index in [0.717, 1.165) is 34.4 Å². The van der Waals surface area contributed by atoms with Gasteiger partial charge in [-0.2, -0.15) is 0 Å². The Kier molecular flexibility index (Phi) is 6.86. The first-order valence-electron chi connectivity index (χ1n) is 10.5. The van der Waals surface area contributed by atoms with Gasteiger partial charge in [0.2, 0.25) is 0 Å². The Bertz CT molecular complexity index is 1040. The molecule has 0 bridgehead atoms. The molecule has 0 amide bonds. The summed E-state index contributed by atoms with van der Waals surface area (Å²) >= 11 is 0. The first-order chi connectivity index (χ1) is 15.3. The third kappa shape index (κ3) is 5.89. The van der Waals surface area contributed by atoms with Crippen molar-refractivity contribution in [2.24, 2.45) is 0 Å². The largest absolute Gasteiger partial charge is 0.481 e. The number of aryl methyl sites for hydroxylation is 1. The number of hydrogen-bond acceptors (Lipinski definition) is 3. The van der Waals surface area contributed by atoms with E-state index < -0.39 is 0 Å². The molecule has 3 nitrogen and oxygen atoms in total. The van der Waals surface area contributed by atoms with Gasteiger partial charge < -0.3 is 4.74 Å². The Hall–Kier alpha value is -3.72. The molecule has 0 saturated carbocycles. The summed E-state index contributed by atoms with van der Waals surface area (Å²) in [6.45, 7) is 0. The molecule has 0 fully saturated rings. The molecule has 154 valence electrons. The van der Waals surface area contributed by atoms with Crippen LogP contribution in [0, 0.1) is 0 Å². The van der Waals surface area contributed by atoms with Crippen LogP contribution in [0.1, 0.15) is 34.8 Å². The van der Waals surface area contributed by atoms with Crippen LogP contribution in [-0.2, 0) is 17.6 Å². The number of pyridine rings is 1. The Labute approximate surface area is 183 Å². The second-order valence-corrected chi connectivity index (χ2v) is 7.54. The lowest BCUT2D eigenvalue weighted by atomic mass is 10.0. The van der Waals surface area contributed by atoms with E-state index in [-0.39, 0.29) is 11.9 Å². The van der Waals surface area contributed by atoms with Crippen molar-refractivity contribution in [3.63, 3.8) is 0 Å². The van der Waals surface area contributed by atoms with Crippen LogP contribution in [0.2, 0.25) is 0 Å². The third-order valence-electron chi connectivity index (χ3n) is 5.20. The van der Waals surface area contributed by atoms with Crippen LogP contribution in [-0.4, -0.2) is 10.8 Å². The molecule has 4 rings (SSSR count). The molecule has 0 saturated heterocycles. The normalized spacial score (nSPS) is 10.7. The second kappa shape index (κ2) is 10.4. The summed E-state index contributed by atoms with van der Waals surface area (Å²) in [5.41, 5.74) is 4.29. The van der Waals surface area contributed by atoms with E-state index in [1.54, 1.807) is 6.20 Å². The van der Waals surface area contributed by atoms with Crippen LogP contribution in [0.25, 0.3) is 0 Å². The van der Waals surface area contributed by atoms with E-state index >= 15 is 0 Å². The molecular weight excluding hydrogens is 382 g/mol. The van der Waals surface area contributed by atoms with Gasteiger partial charge in [0, 0.05) is 25.2 Å². The minimum absolute atomic E-state index is 0.186. The maximum Gasteiger partial charge on any atom is 0.149 e. The smallest absolute Gasteiger partial charge is 0.149 e. The Morgan fingerprint density at radius 2 is 1.39 bits per heavy atom. The van der Waals surface area contributed by atoms with Gasteiger partial charge in [-0.3, -0.25) is 9.78 Å². The Morgan fingerprint density at radius 3 is 1.97 bits per heavy atom. The van der Waals surface area contributed by atoms with Crippen molar-refractivity contribution in [2.45, 2.75) is 25.4 Å². The van der Waals surface area contributed by atoms with Crippen LogP contribution < -0.4 is 4.74 Å². The zero-order valence-corrected chi connectivity index (χ0v) is 17.4. The van der Waals surface area contributed by atoms with Crippen molar-refractivity contribution in [3.05, 3.63) is 132 Å². The van der Waals surface area contributed by atoms with Crippen molar-refractivity contribution < 1.29 is 9.53 Å². The Balaban J connectivity index is 1.40. The lowest BCUT2D eigenvalue weighted by Gasteiger charge is -2.20. The molecule has 31 heavy (non-hydrogen) atoms. The Morgan fingerprint density at radius 1 is 0.742 bits per heavy atom. The minimum Gasteiger partial charge on any atom is -0.481 e. The maximum atomic E-state index is 12.4. The fourth-order valence-corrected chi connectivity index (χ4v) is 3.55. The van der Waals surface area contributed by atoms with E-state index in [0.29, 0.717) is 12.8 Å². The van der Waals surface area contributed by atoms with Gasteiger partial charge >= 0.3 is 0 Å². The summed E-state index contributed by atoms with van der Waals surface area (Å²) in [6, 6.07) is 32.2. The van der Waals surface area contributed by atoms with Crippen LogP contribution >= 0.6 is 0 Å². The van der Waals surface area contributed by atoms with Crippen LogP contribution in [0.3, 0.4) is 0 Å². The van der Waals surface area contributed by atoms with Crippen LogP contribution in [0.15, 0.2) is 109 Å². The minimum atomic E-state index is -0.186. The van der Waals surface area contributed by atoms with E-state index in [9.17, 15) is 4.79 Å². The van der Waals surface area contributed by atoms with Gasteiger partial charge in [0.1, 0.15) is 17.6 Å². The lowest BCUT2D eigenvalue weighted by Crippen LogP contribution is -2.09. The molecule has 0 N–H and O–H groups in total. The fraction of sp³-hybridized carbons (Fsp3) is 0.143. The van der Waals surface area contributed by atoms with E-state index in [1.165, 1.54) is 0 Å². The van der Waals surface area contributed by atoms with Gasteiger partial charge in [0.25, 0.3) is 0 Å². The number of benzene rings is 3. The van der Waals surface area contributed by atoms with Crippen molar-refractivity contribution in [1.82, 2.24) is 4.98 Å². The lowest BCUT2D eigenvalue weighted by molar-refractivity contribution is -0.118. The standard InChI is InChI=1S/C28H25NO2/c30-26(16-13-23-8-7-19-29-21-23)20-22-14-17-27(18-15-22)31-28(24-9-3-1-4-10-24)25-11-5-2-6-12-25/h1-12,14-15,17-19,21,28H,13,16,20H2. The summed E-state index contributed by atoms with van der Waals surface area (Å²) < 4.78 is 6.36. The predicted octanol–water partition coefficient (Wildman–Crippen LogP) is 5.99. The molecular formula is C28H25NO2. The molecule has 1 aromatic heterocycles. The first kappa shape index (κ1) is 20.5. The molecule has 0 radical (unpaired) electrons. The predicted molar refractivity (Wildman–Crippen MR) is 123 cm³/mol. The van der Waals surface area contributed by atoms with E-state index in [1.807, 2.05) is 79.0 Å². The van der Waals surface area contributed by atoms with Crippen LogP contribution in [0.4, 0.5) is 0 Å². The number of rotatable bonds is 9. The number of nitrogens with zero attached hydrogens (tertiary/aromatic N) is 1. The number of ether oxygens (including phenoxy) is 1. The highest BCUT2D eigenvalue weighted by molar-refractivity contribution is 5.81. The maximum absolute atomic E-state index is 12.4. The van der Waals surface area contributed by atoms with Gasteiger partial charge in [-0.1, -0.05) is 78.9 Å². The van der Waals surface area contributed by atoms with Crippen molar-refractivity contribution in [3.8, 4) is 5.75 Å². The quantitative estimate of drug-likeness (QED) is 0.342. The van der Waals surface area contributed by atoms with Gasteiger partial charge in [0.05, 0.1) is 0 Å². The monoisotopic (exact) mass is 407 g/mol. The van der Waals surface area contributed by atoms with Gasteiger partial charge in [-0.25, -0.2) is 0 Å². The van der Waals surface area contributed by atoms with Crippen LogP contribution in [0.5, 0.6) is 5.75 Å². The average molecular weight is 408 g/mol. The summed E-state index contributed by atoms with van der Waals surface area (Å²) in [7, 11) is 0. The zero-order valence-electron chi connectivity index (χ0n) is 17.4. The molecule has 0 aliphatic heterocycles. The SMILES string of the molecule is O=C(CCc1cccnc1)Cc1ccc(OC(c2ccccc2)c2ccccc2)cc1. The number of ketones is 1. The molecule has 0 aliphatic carbocycles. The molecule has 0 atom stereocenters. The van der Waals surface area contributed by atoms with Crippen molar-refractivity contribution >= 4 is 5.78 Å². The number of carbonyl (C=O) groups excluding carboxylic acids is 1. The number of Topliss-reactive ketones (excluding diaryl/α,β-unsaturated/α-hetero) is 1. The third-order valence-corrected chi connectivity index (χ3v) is 5.20. The van der Waals surface area contributed by atoms with E-state index in [4.69, 9.17) is 4.74 Å². The highest BCUT2D eigenvalue weighted by atomic mass is 16.5. The average Bonchev–Trinajstić information content (AvgIpc) is 2.84. The molecule has 1 heterocycles. The summed E-state index contributed by atoms with van der Waals surface area (Å²) in [6.07, 6.45) is 5.05. The summed E-state index contributed by atoms with van der Waals surface area (Å²) in [5.74, 6) is 1.01. The molecule has 4 aromatic rings. The highest BCUT2D eigenvalue weighted by Gasteiger charge is 2.16. The zero-order chi connectivity index (χ0) is 21.3. The number of carbonyl (C=O) groups is 1. The number of hydrogen-bond donors (Lipinski definition) is 0. The molecule has 0 unspecified atom stereocenters.